The van der Waals surface area contributed by atoms with Gasteiger partial charge in [0.2, 0.25) is 0 Å². The number of hydrogen-bond donors (Lipinski definition) is 1. The molecule has 2 aromatic carbocycles. The number of esters is 1. The van der Waals surface area contributed by atoms with Crippen LogP contribution in [0.2, 0.25) is 5.02 Å². The first-order chi connectivity index (χ1) is 11.3. The number of carbonyl (C=O) groups is 1. The van der Waals surface area contributed by atoms with Gasteiger partial charge in [-0.15, -0.1) is 0 Å². The Bertz CT molecular complexity index is 678. The van der Waals surface area contributed by atoms with Gasteiger partial charge in [-0.2, -0.15) is 0 Å². The van der Waals surface area contributed by atoms with E-state index in [2.05, 4.69) is 0 Å². The minimum Gasteiger partial charge on any atom is -0.476 e. The third-order valence-corrected chi connectivity index (χ3v) is 3.91. The molecule has 0 heterocycles. The molecule has 0 saturated carbocycles. The van der Waals surface area contributed by atoms with Crippen molar-refractivity contribution in [3.63, 3.8) is 0 Å². The van der Waals surface area contributed by atoms with Crippen LogP contribution in [0.1, 0.15) is 31.1 Å². The highest BCUT2D eigenvalue weighted by Gasteiger charge is 2.31. The maximum absolute atomic E-state index is 11.6. The monoisotopic (exact) mass is 348 g/mol. The number of aliphatic hydroxyl groups is 1. The van der Waals surface area contributed by atoms with E-state index < -0.39 is 17.7 Å². The first-order valence-electron chi connectivity index (χ1n) is 7.62. The number of halogens is 1. The third kappa shape index (κ3) is 4.73. The number of aliphatic hydroxyl groups excluding tert-OH is 1. The van der Waals surface area contributed by atoms with Gasteiger partial charge in [0.25, 0.3) is 0 Å². The smallest absolute Gasteiger partial charge is 0.349 e. The molecule has 4 nitrogen and oxygen atoms in total. The van der Waals surface area contributed by atoms with E-state index in [9.17, 15) is 9.90 Å². The SMILES string of the molecule is COC(=O)C(C)(C)Oc1ccc(C(O)Cc2ccc(Cl)cc2)cc1. The van der Waals surface area contributed by atoms with Gasteiger partial charge < -0.3 is 14.6 Å². The zero-order chi connectivity index (χ0) is 17.7. The zero-order valence-corrected chi connectivity index (χ0v) is 14.7. The van der Waals surface area contributed by atoms with Gasteiger partial charge in [0.05, 0.1) is 13.2 Å². The second-order valence-corrected chi connectivity index (χ2v) is 6.46. The van der Waals surface area contributed by atoms with Crippen LogP contribution in [0.4, 0.5) is 0 Å². The lowest BCUT2D eigenvalue weighted by atomic mass is 10.0. The highest BCUT2D eigenvalue weighted by atomic mass is 35.5. The van der Waals surface area contributed by atoms with Crippen molar-refractivity contribution in [2.24, 2.45) is 0 Å². The average molecular weight is 349 g/mol. The summed E-state index contributed by atoms with van der Waals surface area (Å²) in [5, 5.41) is 11.0. The van der Waals surface area contributed by atoms with Gasteiger partial charge >= 0.3 is 5.97 Å². The lowest BCUT2D eigenvalue weighted by Gasteiger charge is -2.23. The summed E-state index contributed by atoms with van der Waals surface area (Å²) < 4.78 is 10.4. The van der Waals surface area contributed by atoms with E-state index in [0.29, 0.717) is 17.2 Å². The summed E-state index contributed by atoms with van der Waals surface area (Å²) in [5.74, 6) is 0.0854. The van der Waals surface area contributed by atoms with E-state index in [4.69, 9.17) is 21.1 Å². The maximum atomic E-state index is 11.6. The van der Waals surface area contributed by atoms with Gasteiger partial charge in [-0.1, -0.05) is 35.9 Å². The standard InChI is InChI=1S/C19H21ClO4/c1-19(2,18(22)23-3)24-16-10-6-14(7-11-16)17(21)12-13-4-8-15(20)9-5-13/h4-11,17,21H,12H2,1-3H3. The van der Waals surface area contributed by atoms with Crippen LogP contribution < -0.4 is 4.74 Å². The summed E-state index contributed by atoms with van der Waals surface area (Å²) in [7, 11) is 1.32. The number of methoxy groups -OCH3 is 1. The molecule has 2 rings (SSSR count). The second-order valence-electron chi connectivity index (χ2n) is 6.02. The van der Waals surface area contributed by atoms with Gasteiger partial charge in [0.15, 0.2) is 5.60 Å². The van der Waals surface area contributed by atoms with Gasteiger partial charge in [0.1, 0.15) is 5.75 Å². The van der Waals surface area contributed by atoms with E-state index in [1.54, 1.807) is 50.2 Å². The summed E-state index contributed by atoms with van der Waals surface area (Å²) >= 11 is 5.86. The van der Waals surface area contributed by atoms with Gasteiger partial charge in [-0.25, -0.2) is 4.79 Å². The van der Waals surface area contributed by atoms with Crippen LogP contribution in [0.25, 0.3) is 0 Å². The van der Waals surface area contributed by atoms with Crippen molar-refractivity contribution in [2.45, 2.75) is 32.0 Å². The maximum Gasteiger partial charge on any atom is 0.349 e. The van der Waals surface area contributed by atoms with Crippen LogP contribution in [0, 0.1) is 0 Å². The molecule has 0 aliphatic carbocycles. The molecule has 0 spiro atoms. The summed E-state index contributed by atoms with van der Waals surface area (Å²) in [6, 6.07) is 14.4. The number of rotatable bonds is 6. The van der Waals surface area contributed by atoms with Crippen molar-refractivity contribution >= 4 is 17.6 Å². The lowest BCUT2D eigenvalue weighted by molar-refractivity contribution is -0.156. The number of carbonyl (C=O) groups excluding carboxylic acids is 1. The molecule has 0 bridgehead atoms. The first-order valence-corrected chi connectivity index (χ1v) is 7.99. The number of benzene rings is 2. The van der Waals surface area contributed by atoms with E-state index in [1.807, 2.05) is 12.1 Å². The predicted octanol–water partition coefficient (Wildman–Crippen LogP) is 3.95. The Balaban J connectivity index is 2.03. The Labute approximate surface area is 147 Å². The molecule has 0 amide bonds. The molecular weight excluding hydrogens is 328 g/mol. The molecule has 24 heavy (non-hydrogen) atoms. The molecule has 2 aromatic rings. The van der Waals surface area contributed by atoms with E-state index in [-0.39, 0.29) is 0 Å². The van der Waals surface area contributed by atoms with Gasteiger partial charge in [-0.3, -0.25) is 0 Å². The summed E-state index contributed by atoms with van der Waals surface area (Å²) in [6.07, 6.45) is -0.140. The molecule has 128 valence electrons. The Morgan fingerprint density at radius 1 is 1.12 bits per heavy atom. The molecule has 0 saturated heterocycles. The Hall–Kier alpha value is -2.04. The molecule has 1 unspecified atom stereocenters. The van der Waals surface area contributed by atoms with E-state index in [1.165, 1.54) is 7.11 Å². The normalized spacial score (nSPS) is 12.5. The largest absolute Gasteiger partial charge is 0.476 e. The molecule has 0 aromatic heterocycles. The van der Waals surface area contributed by atoms with Crippen molar-refractivity contribution < 1.29 is 19.4 Å². The Morgan fingerprint density at radius 2 is 1.71 bits per heavy atom. The zero-order valence-electron chi connectivity index (χ0n) is 14.0. The summed E-state index contributed by atoms with van der Waals surface area (Å²) in [4.78, 5) is 11.6. The van der Waals surface area contributed by atoms with Crippen molar-refractivity contribution in [3.05, 3.63) is 64.7 Å². The van der Waals surface area contributed by atoms with Crippen molar-refractivity contribution in [1.82, 2.24) is 0 Å². The highest BCUT2D eigenvalue weighted by molar-refractivity contribution is 6.30. The topological polar surface area (TPSA) is 55.8 Å². The van der Waals surface area contributed by atoms with E-state index >= 15 is 0 Å². The minimum atomic E-state index is -1.07. The minimum absolute atomic E-state index is 0.450. The van der Waals surface area contributed by atoms with Gasteiger partial charge in [-0.05, 0) is 49.2 Å². The van der Waals surface area contributed by atoms with Crippen LogP contribution in [-0.4, -0.2) is 23.8 Å². The molecule has 0 aliphatic heterocycles. The molecule has 5 heteroatoms. The molecule has 1 N–H and O–H groups in total. The molecular formula is C19H21ClO4. The fraction of sp³-hybridized carbons (Fsp3) is 0.316. The quantitative estimate of drug-likeness (QED) is 0.803. The average Bonchev–Trinajstić information content (AvgIpc) is 2.56. The third-order valence-electron chi connectivity index (χ3n) is 3.66. The van der Waals surface area contributed by atoms with Crippen LogP contribution in [0.3, 0.4) is 0 Å². The summed E-state index contributed by atoms with van der Waals surface area (Å²) in [6.45, 7) is 3.28. The molecule has 1 atom stereocenters. The first kappa shape index (κ1) is 18.3. The Morgan fingerprint density at radius 3 is 2.25 bits per heavy atom. The van der Waals surface area contributed by atoms with Crippen LogP contribution in [-0.2, 0) is 16.0 Å². The second kappa shape index (κ2) is 7.69. The molecule has 0 fully saturated rings. The predicted molar refractivity (Wildman–Crippen MR) is 93.3 cm³/mol. The number of ether oxygens (including phenoxy) is 2. The van der Waals surface area contributed by atoms with Gasteiger partial charge in [0, 0.05) is 11.4 Å². The molecule has 0 radical (unpaired) electrons. The van der Waals surface area contributed by atoms with Crippen LogP contribution >= 0.6 is 11.6 Å². The van der Waals surface area contributed by atoms with Crippen LogP contribution in [0.5, 0.6) is 5.75 Å². The Kier molecular flexibility index (Phi) is 5.86. The molecule has 0 aliphatic rings. The fourth-order valence-electron chi connectivity index (χ4n) is 2.30. The van der Waals surface area contributed by atoms with Crippen molar-refractivity contribution in [1.29, 1.82) is 0 Å². The van der Waals surface area contributed by atoms with Crippen molar-refractivity contribution in [2.75, 3.05) is 7.11 Å². The fourth-order valence-corrected chi connectivity index (χ4v) is 2.43. The number of hydrogen-bond acceptors (Lipinski definition) is 4. The van der Waals surface area contributed by atoms with E-state index in [0.717, 1.165) is 11.1 Å². The van der Waals surface area contributed by atoms with Crippen molar-refractivity contribution in [3.8, 4) is 5.75 Å². The highest BCUT2D eigenvalue weighted by Crippen LogP contribution is 2.24. The van der Waals surface area contributed by atoms with Crippen LogP contribution in [0.15, 0.2) is 48.5 Å². The summed E-state index contributed by atoms with van der Waals surface area (Å²) in [5.41, 5.74) is 0.699. The lowest BCUT2D eigenvalue weighted by Crippen LogP contribution is -2.39.